The molecule has 0 aliphatic carbocycles. The fraction of sp³-hybridized carbons (Fsp3) is 0.250. The molecule has 1 nitrogen and oxygen atoms in total. The minimum Gasteiger partial charge on any atom is -0.344 e. The van der Waals surface area contributed by atoms with Crippen LogP contribution in [-0.4, -0.2) is 6.43 Å². The average molecular weight is 212 g/mol. The number of hydrogen-bond acceptors (Lipinski definition) is 1. The molecule has 1 aromatic rings. The average Bonchev–Trinajstić information content (AvgIpc) is 2.04. The second-order valence-electron chi connectivity index (χ2n) is 2.26. The van der Waals surface area contributed by atoms with Crippen molar-refractivity contribution < 1.29 is 13.2 Å². The monoisotopic (exact) mass is 211 g/mol. The maximum Gasteiger partial charge on any atom is 0.273 e. The summed E-state index contributed by atoms with van der Waals surface area (Å²) in [5.74, 6) is 0. The standard InChI is InChI=1S/C8H6ClF3.H3N/c9-6-4-2-1-3-5(6)7(10)8(11)12;/h1-4,7-8H;1H3. The summed E-state index contributed by atoms with van der Waals surface area (Å²) >= 11 is 5.49. The first-order chi connectivity index (χ1) is 5.63. The Morgan fingerprint density at radius 2 is 1.62 bits per heavy atom. The zero-order chi connectivity index (χ0) is 9.14. The molecular weight excluding hydrogens is 203 g/mol. The fourth-order valence-corrected chi connectivity index (χ4v) is 1.07. The van der Waals surface area contributed by atoms with Gasteiger partial charge in [0.1, 0.15) is 0 Å². The Bertz CT molecular complexity index is 267. The molecule has 13 heavy (non-hydrogen) atoms. The summed E-state index contributed by atoms with van der Waals surface area (Å²) in [6, 6.07) is 5.66. The third-order valence-electron chi connectivity index (χ3n) is 1.42. The van der Waals surface area contributed by atoms with E-state index >= 15 is 0 Å². The molecule has 5 heteroatoms. The molecule has 0 aromatic heterocycles. The number of benzene rings is 1. The van der Waals surface area contributed by atoms with Crippen LogP contribution < -0.4 is 6.15 Å². The highest BCUT2D eigenvalue weighted by Crippen LogP contribution is 2.29. The number of hydrogen-bond donors (Lipinski definition) is 1. The molecule has 0 amide bonds. The van der Waals surface area contributed by atoms with Crippen LogP contribution >= 0.6 is 11.6 Å². The van der Waals surface area contributed by atoms with Crippen LogP contribution in [0.25, 0.3) is 0 Å². The van der Waals surface area contributed by atoms with Gasteiger partial charge in [-0.2, -0.15) is 0 Å². The molecule has 0 saturated carbocycles. The third-order valence-corrected chi connectivity index (χ3v) is 1.77. The first kappa shape index (κ1) is 12.3. The molecule has 0 radical (unpaired) electrons. The second-order valence-corrected chi connectivity index (χ2v) is 2.66. The Balaban J connectivity index is 0.00000144. The molecule has 0 heterocycles. The Kier molecular flexibility index (Phi) is 4.80. The first-order valence-electron chi connectivity index (χ1n) is 3.29. The van der Waals surface area contributed by atoms with Crippen LogP contribution in [0.15, 0.2) is 24.3 Å². The molecule has 0 bridgehead atoms. The SMILES string of the molecule is FC(F)C(F)c1ccccc1Cl.N. The van der Waals surface area contributed by atoms with Crippen LogP contribution in [0.4, 0.5) is 13.2 Å². The number of halogens is 4. The van der Waals surface area contributed by atoms with Crippen molar-refractivity contribution in [2.24, 2.45) is 0 Å². The molecule has 3 N–H and O–H groups in total. The van der Waals surface area contributed by atoms with Crippen molar-refractivity contribution in [1.82, 2.24) is 6.15 Å². The topological polar surface area (TPSA) is 35.0 Å². The van der Waals surface area contributed by atoms with E-state index in [1.165, 1.54) is 18.2 Å². The van der Waals surface area contributed by atoms with Crippen LogP contribution in [0.5, 0.6) is 0 Å². The minimum atomic E-state index is -3.02. The molecule has 0 saturated heterocycles. The van der Waals surface area contributed by atoms with E-state index in [1.807, 2.05) is 0 Å². The number of alkyl halides is 3. The molecule has 1 unspecified atom stereocenters. The van der Waals surface area contributed by atoms with Gasteiger partial charge in [0.25, 0.3) is 6.43 Å². The normalized spacial score (nSPS) is 12.4. The van der Waals surface area contributed by atoms with Gasteiger partial charge in [-0.1, -0.05) is 29.8 Å². The molecule has 74 valence electrons. The highest BCUT2D eigenvalue weighted by molar-refractivity contribution is 6.31. The summed E-state index contributed by atoms with van der Waals surface area (Å²) in [7, 11) is 0. The van der Waals surface area contributed by atoms with Gasteiger partial charge in [-0.3, -0.25) is 0 Å². The number of rotatable bonds is 2. The molecule has 1 rings (SSSR count). The van der Waals surface area contributed by atoms with Crippen molar-refractivity contribution in [2.75, 3.05) is 0 Å². The largest absolute Gasteiger partial charge is 0.344 e. The molecular formula is C8H9ClF3N. The van der Waals surface area contributed by atoms with Crippen LogP contribution in [0.3, 0.4) is 0 Å². The van der Waals surface area contributed by atoms with Gasteiger partial charge < -0.3 is 6.15 Å². The van der Waals surface area contributed by atoms with E-state index < -0.39 is 12.6 Å². The van der Waals surface area contributed by atoms with E-state index in [9.17, 15) is 13.2 Å². The van der Waals surface area contributed by atoms with Crippen LogP contribution in [0.2, 0.25) is 5.02 Å². The van der Waals surface area contributed by atoms with Crippen molar-refractivity contribution in [3.8, 4) is 0 Å². The lowest BCUT2D eigenvalue weighted by molar-refractivity contribution is 0.0496. The lowest BCUT2D eigenvalue weighted by Gasteiger charge is -2.08. The Labute approximate surface area is 79.1 Å². The lowest BCUT2D eigenvalue weighted by atomic mass is 10.1. The summed E-state index contributed by atoms with van der Waals surface area (Å²) in [6.07, 6.45) is -5.32. The first-order valence-corrected chi connectivity index (χ1v) is 3.67. The molecule has 0 spiro atoms. The third kappa shape index (κ3) is 2.90. The van der Waals surface area contributed by atoms with Gasteiger partial charge in [-0.15, -0.1) is 0 Å². The predicted octanol–water partition coefficient (Wildman–Crippen LogP) is 3.78. The predicted molar refractivity (Wildman–Crippen MR) is 46.3 cm³/mol. The lowest BCUT2D eigenvalue weighted by Crippen LogP contribution is -2.03. The van der Waals surface area contributed by atoms with E-state index in [0.717, 1.165) is 0 Å². The maximum absolute atomic E-state index is 12.7. The van der Waals surface area contributed by atoms with Gasteiger partial charge in [0, 0.05) is 10.6 Å². The van der Waals surface area contributed by atoms with Crippen molar-refractivity contribution in [3.05, 3.63) is 34.9 Å². The highest BCUT2D eigenvalue weighted by atomic mass is 35.5. The Morgan fingerprint density at radius 3 is 2.08 bits per heavy atom. The van der Waals surface area contributed by atoms with Crippen molar-refractivity contribution >= 4 is 11.6 Å². The van der Waals surface area contributed by atoms with Crippen molar-refractivity contribution in [3.63, 3.8) is 0 Å². The zero-order valence-electron chi connectivity index (χ0n) is 6.68. The highest BCUT2D eigenvalue weighted by Gasteiger charge is 2.23. The van der Waals surface area contributed by atoms with E-state index in [-0.39, 0.29) is 16.7 Å². The zero-order valence-corrected chi connectivity index (χ0v) is 7.44. The molecule has 1 aromatic carbocycles. The maximum atomic E-state index is 12.7. The molecule has 0 aliphatic rings. The van der Waals surface area contributed by atoms with Crippen LogP contribution in [-0.2, 0) is 0 Å². The summed E-state index contributed by atoms with van der Waals surface area (Å²) in [5, 5.41) is 0.0327. The van der Waals surface area contributed by atoms with Crippen molar-refractivity contribution in [2.45, 2.75) is 12.6 Å². The van der Waals surface area contributed by atoms with E-state index in [4.69, 9.17) is 11.6 Å². The van der Waals surface area contributed by atoms with Gasteiger partial charge in [0.05, 0.1) is 0 Å². The minimum absolute atomic E-state index is 0. The second kappa shape index (κ2) is 5.09. The summed E-state index contributed by atoms with van der Waals surface area (Å²) in [4.78, 5) is 0. The molecule has 0 fully saturated rings. The van der Waals surface area contributed by atoms with Gasteiger partial charge in [-0.05, 0) is 6.07 Å². The summed E-state index contributed by atoms with van der Waals surface area (Å²) < 4.78 is 36.4. The fourth-order valence-electron chi connectivity index (χ4n) is 0.834. The van der Waals surface area contributed by atoms with E-state index in [2.05, 4.69) is 0 Å². The van der Waals surface area contributed by atoms with Crippen LogP contribution in [0, 0.1) is 0 Å². The molecule has 1 atom stereocenters. The van der Waals surface area contributed by atoms with Gasteiger partial charge in [0.15, 0.2) is 6.17 Å². The van der Waals surface area contributed by atoms with Gasteiger partial charge in [-0.25, -0.2) is 13.2 Å². The Morgan fingerprint density at radius 1 is 1.08 bits per heavy atom. The van der Waals surface area contributed by atoms with Gasteiger partial charge >= 0.3 is 0 Å². The summed E-state index contributed by atoms with van der Waals surface area (Å²) in [5.41, 5.74) is -0.158. The van der Waals surface area contributed by atoms with Crippen LogP contribution in [0.1, 0.15) is 11.7 Å². The quantitative estimate of drug-likeness (QED) is 0.794. The van der Waals surface area contributed by atoms with E-state index in [1.54, 1.807) is 6.07 Å². The van der Waals surface area contributed by atoms with Gasteiger partial charge in [0.2, 0.25) is 0 Å². The summed E-state index contributed by atoms with van der Waals surface area (Å²) in [6.45, 7) is 0. The van der Waals surface area contributed by atoms with E-state index in [0.29, 0.717) is 0 Å². The van der Waals surface area contributed by atoms with Crippen molar-refractivity contribution in [1.29, 1.82) is 0 Å². The smallest absolute Gasteiger partial charge is 0.273 e. The Hall–Kier alpha value is -0.740. The molecule has 0 aliphatic heterocycles.